The van der Waals surface area contributed by atoms with Gasteiger partial charge in [-0.3, -0.25) is 4.72 Å². The van der Waals surface area contributed by atoms with Crippen LogP contribution in [0.15, 0.2) is 41.4 Å². The summed E-state index contributed by atoms with van der Waals surface area (Å²) in [5.74, 6) is 0.455. The molecule has 0 aliphatic heterocycles. The summed E-state index contributed by atoms with van der Waals surface area (Å²) in [6, 6.07) is 8.44. The lowest BCUT2D eigenvalue weighted by molar-refractivity contribution is 0.539. The van der Waals surface area contributed by atoms with Crippen LogP contribution in [0, 0.1) is 0 Å². The Bertz CT molecular complexity index is 690. The molecular weight excluding hydrogens is 288 g/mol. The Balaban J connectivity index is 2.23. The molecule has 0 spiro atoms. The van der Waals surface area contributed by atoms with Crippen molar-refractivity contribution in [2.24, 2.45) is 5.73 Å². The molecule has 1 heterocycles. The van der Waals surface area contributed by atoms with Gasteiger partial charge in [-0.2, -0.15) is 5.10 Å². The topological polar surface area (TPSA) is 90.0 Å². The van der Waals surface area contributed by atoms with Crippen LogP contribution in [-0.4, -0.2) is 24.7 Å². The second-order valence-electron chi connectivity index (χ2n) is 5.04. The first-order chi connectivity index (χ1) is 9.94. The number of nitrogens with one attached hydrogen (secondary N) is 1. The maximum Gasteiger partial charge on any atom is 0.263 e. The van der Waals surface area contributed by atoms with E-state index in [0.717, 1.165) is 12.0 Å². The predicted molar refractivity (Wildman–Crippen MR) is 82.6 cm³/mol. The molecule has 0 saturated carbocycles. The van der Waals surface area contributed by atoms with E-state index in [2.05, 4.69) is 9.82 Å². The first-order valence-electron chi connectivity index (χ1n) is 6.79. The van der Waals surface area contributed by atoms with E-state index >= 15 is 0 Å². The Morgan fingerprint density at radius 3 is 2.48 bits per heavy atom. The molecule has 0 fully saturated rings. The molecule has 1 aromatic heterocycles. The molecule has 0 amide bonds. The highest BCUT2D eigenvalue weighted by atomic mass is 32.2. The summed E-state index contributed by atoms with van der Waals surface area (Å²) in [6.07, 6.45) is 2.30. The van der Waals surface area contributed by atoms with Crippen LogP contribution in [0.2, 0.25) is 0 Å². The number of aromatic nitrogens is 2. The summed E-state index contributed by atoms with van der Waals surface area (Å²) in [5.41, 5.74) is 6.50. The van der Waals surface area contributed by atoms with Gasteiger partial charge in [-0.15, -0.1) is 0 Å². The van der Waals surface area contributed by atoms with Crippen molar-refractivity contribution in [3.8, 4) is 0 Å². The van der Waals surface area contributed by atoms with Crippen LogP contribution in [0.3, 0.4) is 0 Å². The minimum atomic E-state index is -3.61. The van der Waals surface area contributed by atoms with Crippen LogP contribution in [0.4, 0.5) is 5.82 Å². The first kappa shape index (κ1) is 15.5. The van der Waals surface area contributed by atoms with E-state index in [4.69, 9.17) is 5.73 Å². The molecule has 1 aromatic carbocycles. The van der Waals surface area contributed by atoms with Crippen molar-refractivity contribution >= 4 is 15.8 Å². The summed E-state index contributed by atoms with van der Waals surface area (Å²) in [4.78, 5) is 0.222. The van der Waals surface area contributed by atoms with Gasteiger partial charge in [0, 0.05) is 12.1 Å². The Labute approximate surface area is 125 Å². The molecule has 2 aromatic rings. The van der Waals surface area contributed by atoms with Gasteiger partial charge in [-0.05, 0) is 44.5 Å². The Hall–Kier alpha value is -1.86. The molecule has 0 atom stereocenters. The fraction of sp³-hybridized carbons (Fsp3) is 0.357. The van der Waals surface area contributed by atoms with E-state index in [1.807, 2.05) is 13.8 Å². The third-order valence-electron chi connectivity index (χ3n) is 3.07. The van der Waals surface area contributed by atoms with Gasteiger partial charge in [-0.25, -0.2) is 13.1 Å². The van der Waals surface area contributed by atoms with Gasteiger partial charge in [0.05, 0.1) is 11.1 Å². The van der Waals surface area contributed by atoms with Gasteiger partial charge in [-0.1, -0.05) is 12.1 Å². The third kappa shape index (κ3) is 3.62. The Morgan fingerprint density at radius 2 is 1.90 bits per heavy atom. The molecule has 3 N–H and O–H groups in total. The Morgan fingerprint density at radius 1 is 1.24 bits per heavy atom. The number of hydrogen-bond acceptors (Lipinski definition) is 4. The highest BCUT2D eigenvalue weighted by Gasteiger charge is 2.17. The van der Waals surface area contributed by atoms with Crippen LogP contribution in [0.25, 0.3) is 0 Å². The number of nitrogens with zero attached hydrogens (tertiary/aromatic N) is 2. The van der Waals surface area contributed by atoms with E-state index < -0.39 is 10.0 Å². The van der Waals surface area contributed by atoms with Gasteiger partial charge < -0.3 is 5.73 Å². The summed E-state index contributed by atoms with van der Waals surface area (Å²) >= 11 is 0. The van der Waals surface area contributed by atoms with Gasteiger partial charge in [0.1, 0.15) is 5.82 Å². The summed E-state index contributed by atoms with van der Waals surface area (Å²) < 4.78 is 28.9. The quantitative estimate of drug-likeness (QED) is 0.851. The largest absolute Gasteiger partial charge is 0.330 e. The average Bonchev–Trinajstić information content (AvgIpc) is 2.87. The van der Waals surface area contributed by atoms with E-state index in [1.165, 1.54) is 0 Å². The van der Waals surface area contributed by atoms with Crippen LogP contribution in [-0.2, 0) is 16.4 Å². The third-order valence-corrected chi connectivity index (χ3v) is 4.44. The molecule has 6 nitrogen and oxygen atoms in total. The maximum absolute atomic E-state index is 12.4. The predicted octanol–water partition coefficient (Wildman–Crippen LogP) is 1.77. The zero-order chi connectivity index (χ0) is 15.5. The molecule has 0 bridgehead atoms. The number of hydrogen-bond donors (Lipinski definition) is 2. The Kier molecular flexibility index (Phi) is 4.64. The molecule has 0 unspecified atom stereocenters. The molecule has 0 aliphatic carbocycles. The van der Waals surface area contributed by atoms with Crippen molar-refractivity contribution in [1.82, 2.24) is 9.78 Å². The summed E-state index contributed by atoms with van der Waals surface area (Å²) in [5, 5.41) is 4.11. The number of anilines is 1. The van der Waals surface area contributed by atoms with E-state index in [-0.39, 0.29) is 10.9 Å². The molecular formula is C14H20N4O2S. The second-order valence-corrected chi connectivity index (χ2v) is 6.73. The van der Waals surface area contributed by atoms with Gasteiger partial charge >= 0.3 is 0 Å². The molecule has 114 valence electrons. The van der Waals surface area contributed by atoms with E-state index in [0.29, 0.717) is 12.4 Å². The van der Waals surface area contributed by atoms with Crippen LogP contribution >= 0.6 is 0 Å². The molecule has 0 radical (unpaired) electrons. The zero-order valence-corrected chi connectivity index (χ0v) is 13.0. The minimum Gasteiger partial charge on any atom is -0.330 e. The van der Waals surface area contributed by atoms with Crippen molar-refractivity contribution in [3.63, 3.8) is 0 Å². The number of benzene rings is 1. The number of sulfonamides is 1. The van der Waals surface area contributed by atoms with E-state index in [9.17, 15) is 8.42 Å². The smallest absolute Gasteiger partial charge is 0.263 e. The highest BCUT2D eigenvalue weighted by molar-refractivity contribution is 7.92. The van der Waals surface area contributed by atoms with Gasteiger partial charge in [0.15, 0.2) is 0 Å². The molecule has 21 heavy (non-hydrogen) atoms. The van der Waals surface area contributed by atoms with Crippen LogP contribution < -0.4 is 10.5 Å². The van der Waals surface area contributed by atoms with Crippen molar-refractivity contribution in [2.75, 3.05) is 11.3 Å². The zero-order valence-electron chi connectivity index (χ0n) is 12.2. The van der Waals surface area contributed by atoms with Crippen molar-refractivity contribution in [2.45, 2.75) is 31.2 Å². The molecule has 0 aliphatic rings. The monoisotopic (exact) mass is 308 g/mol. The van der Waals surface area contributed by atoms with Gasteiger partial charge in [0.2, 0.25) is 0 Å². The fourth-order valence-corrected chi connectivity index (χ4v) is 3.05. The SMILES string of the molecule is CC(C)n1nccc1NS(=O)(=O)c1ccc(CCN)cc1. The standard InChI is InChI=1S/C14H20N4O2S/c1-11(2)18-14(8-10-16-18)17-21(19,20)13-5-3-12(4-6-13)7-9-15/h3-6,8,10-11,17H,7,9,15H2,1-2H3. The lowest BCUT2D eigenvalue weighted by Crippen LogP contribution is -2.17. The molecule has 0 saturated heterocycles. The number of nitrogens with two attached hydrogens (primary N) is 1. The highest BCUT2D eigenvalue weighted by Crippen LogP contribution is 2.19. The molecule has 2 rings (SSSR count). The van der Waals surface area contributed by atoms with E-state index in [1.54, 1.807) is 41.2 Å². The maximum atomic E-state index is 12.4. The van der Waals surface area contributed by atoms with Crippen LogP contribution in [0.5, 0.6) is 0 Å². The molecule has 7 heteroatoms. The fourth-order valence-electron chi connectivity index (χ4n) is 2.01. The van der Waals surface area contributed by atoms with Crippen molar-refractivity contribution in [3.05, 3.63) is 42.1 Å². The van der Waals surface area contributed by atoms with Gasteiger partial charge in [0.25, 0.3) is 10.0 Å². The lowest BCUT2D eigenvalue weighted by Gasteiger charge is -2.13. The number of rotatable bonds is 6. The first-order valence-corrected chi connectivity index (χ1v) is 8.27. The van der Waals surface area contributed by atoms with Crippen molar-refractivity contribution in [1.29, 1.82) is 0 Å². The minimum absolute atomic E-state index is 0.0737. The second kappa shape index (κ2) is 6.28. The normalized spacial score (nSPS) is 11.8. The van der Waals surface area contributed by atoms with Crippen molar-refractivity contribution < 1.29 is 8.42 Å². The lowest BCUT2D eigenvalue weighted by atomic mass is 10.2. The summed E-state index contributed by atoms with van der Waals surface area (Å²) in [7, 11) is -3.61. The average molecular weight is 308 g/mol. The summed E-state index contributed by atoms with van der Waals surface area (Å²) in [6.45, 7) is 4.41. The van der Waals surface area contributed by atoms with Crippen LogP contribution in [0.1, 0.15) is 25.5 Å².